The van der Waals surface area contributed by atoms with Crippen LogP contribution in [0, 0.1) is 11.8 Å². The van der Waals surface area contributed by atoms with Gasteiger partial charge in [-0.25, -0.2) is 0 Å². The Morgan fingerprint density at radius 1 is 1.08 bits per heavy atom. The predicted octanol–water partition coefficient (Wildman–Crippen LogP) is 2.37. The maximum Gasteiger partial charge on any atom is 0.308 e. The fourth-order valence-corrected chi connectivity index (χ4v) is 3.95. The molecule has 1 atom stereocenters. The van der Waals surface area contributed by atoms with E-state index in [1.54, 1.807) is 4.90 Å². The average Bonchev–Trinajstić information content (AvgIpc) is 3.12. The summed E-state index contributed by atoms with van der Waals surface area (Å²) >= 11 is 0. The van der Waals surface area contributed by atoms with Gasteiger partial charge in [-0.15, -0.1) is 0 Å². The number of piperidine rings is 2. The summed E-state index contributed by atoms with van der Waals surface area (Å²) in [5, 5.41) is 9.21. The molecule has 0 radical (unpaired) electrons. The molecule has 1 aromatic heterocycles. The van der Waals surface area contributed by atoms with Gasteiger partial charge in [0.15, 0.2) is 5.58 Å². The molecule has 0 saturated carbocycles. The molecule has 138 valence electrons. The Morgan fingerprint density at radius 3 is 2.58 bits per heavy atom. The van der Waals surface area contributed by atoms with E-state index in [2.05, 4.69) is 9.88 Å². The monoisotopic (exact) mass is 357 g/mol. The number of aromatic nitrogens is 1. The quantitative estimate of drug-likeness (QED) is 0.907. The van der Waals surface area contributed by atoms with Crippen LogP contribution in [0.3, 0.4) is 0 Å². The minimum absolute atomic E-state index is 0.0387. The molecule has 1 aromatic carbocycles. The number of likely N-dealkylation sites (tertiary alicyclic amines) is 1. The van der Waals surface area contributed by atoms with Crippen LogP contribution in [0.2, 0.25) is 0 Å². The Labute approximate surface area is 151 Å². The fourth-order valence-electron chi connectivity index (χ4n) is 3.95. The van der Waals surface area contributed by atoms with Crippen LogP contribution in [0.15, 0.2) is 28.7 Å². The highest BCUT2D eigenvalue weighted by Crippen LogP contribution is 2.28. The molecule has 0 bridgehead atoms. The zero-order chi connectivity index (χ0) is 18.1. The minimum atomic E-state index is -0.798. The zero-order valence-corrected chi connectivity index (χ0v) is 14.6. The number of carbonyl (C=O) groups excluding carboxylic acids is 1. The number of hydrogen-bond acceptors (Lipinski definition) is 5. The lowest BCUT2D eigenvalue weighted by molar-refractivity contribution is -0.147. The summed E-state index contributed by atoms with van der Waals surface area (Å²) in [4.78, 5) is 32.4. The van der Waals surface area contributed by atoms with Crippen LogP contribution in [0.25, 0.3) is 11.1 Å². The van der Waals surface area contributed by atoms with Crippen LogP contribution < -0.4 is 4.90 Å². The van der Waals surface area contributed by atoms with Gasteiger partial charge in [0.1, 0.15) is 5.52 Å². The summed E-state index contributed by atoms with van der Waals surface area (Å²) in [6, 6.07) is 8.29. The minimum Gasteiger partial charge on any atom is -0.481 e. The third-order valence-electron chi connectivity index (χ3n) is 5.48. The van der Waals surface area contributed by atoms with Gasteiger partial charge < -0.3 is 19.3 Å². The van der Waals surface area contributed by atoms with E-state index in [4.69, 9.17) is 4.42 Å². The molecule has 1 amide bonds. The molecular formula is C19H23N3O4. The lowest BCUT2D eigenvalue weighted by Crippen LogP contribution is -2.47. The van der Waals surface area contributed by atoms with Crippen LogP contribution in [0.4, 0.5) is 6.01 Å². The molecule has 2 fully saturated rings. The van der Waals surface area contributed by atoms with Gasteiger partial charge in [-0.2, -0.15) is 4.98 Å². The molecule has 2 aliphatic rings. The highest BCUT2D eigenvalue weighted by Gasteiger charge is 2.34. The van der Waals surface area contributed by atoms with Crippen molar-refractivity contribution < 1.29 is 19.1 Å². The Bertz CT molecular complexity index is 777. The van der Waals surface area contributed by atoms with E-state index in [9.17, 15) is 14.7 Å². The van der Waals surface area contributed by atoms with Gasteiger partial charge in [0.2, 0.25) is 5.91 Å². The number of benzene rings is 1. The van der Waals surface area contributed by atoms with E-state index in [0.29, 0.717) is 25.5 Å². The van der Waals surface area contributed by atoms with E-state index in [-0.39, 0.29) is 11.8 Å². The van der Waals surface area contributed by atoms with E-state index in [1.807, 2.05) is 24.3 Å². The number of carboxylic acids is 1. The second-order valence-electron chi connectivity index (χ2n) is 7.19. The predicted molar refractivity (Wildman–Crippen MR) is 95.9 cm³/mol. The van der Waals surface area contributed by atoms with Crippen LogP contribution in [-0.4, -0.2) is 53.0 Å². The highest BCUT2D eigenvalue weighted by molar-refractivity contribution is 5.80. The molecule has 2 saturated heterocycles. The van der Waals surface area contributed by atoms with Gasteiger partial charge >= 0.3 is 5.97 Å². The van der Waals surface area contributed by atoms with Crippen LogP contribution in [-0.2, 0) is 9.59 Å². The summed E-state index contributed by atoms with van der Waals surface area (Å²) in [6.07, 6.45) is 2.91. The van der Waals surface area contributed by atoms with Crippen molar-refractivity contribution in [1.29, 1.82) is 0 Å². The van der Waals surface area contributed by atoms with Gasteiger partial charge in [-0.3, -0.25) is 9.59 Å². The molecule has 3 heterocycles. The number of aliphatic carboxylic acids is 1. The lowest BCUT2D eigenvalue weighted by atomic mass is 9.92. The Balaban J connectivity index is 1.37. The topological polar surface area (TPSA) is 86.9 Å². The molecule has 0 aliphatic carbocycles. The smallest absolute Gasteiger partial charge is 0.308 e. The first kappa shape index (κ1) is 16.9. The Hall–Kier alpha value is -2.57. The van der Waals surface area contributed by atoms with Gasteiger partial charge in [0, 0.05) is 32.1 Å². The molecule has 7 heteroatoms. The van der Waals surface area contributed by atoms with E-state index >= 15 is 0 Å². The molecule has 7 nitrogen and oxygen atoms in total. The van der Waals surface area contributed by atoms with Crippen molar-refractivity contribution in [2.24, 2.45) is 11.8 Å². The number of fused-ring (bicyclic) bond motifs is 1. The standard InChI is InChI=1S/C19H23N3O4/c23-17(22-9-3-4-14(12-22)18(24)25)13-7-10-21(11-8-13)19-20-15-5-1-2-6-16(15)26-19/h1-2,5-6,13-14H,3-4,7-12H2,(H,24,25)/t14-/m1/s1. The van der Waals surface area contributed by atoms with Crippen LogP contribution in [0.5, 0.6) is 0 Å². The third kappa shape index (κ3) is 3.25. The molecule has 0 unspecified atom stereocenters. The summed E-state index contributed by atoms with van der Waals surface area (Å²) in [5.74, 6) is -1.16. The maximum absolute atomic E-state index is 12.8. The number of hydrogen-bond donors (Lipinski definition) is 1. The number of rotatable bonds is 3. The van der Waals surface area contributed by atoms with E-state index in [1.165, 1.54) is 0 Å². The summed E-state index contributed by atoms with van der Waals surface area (Å²) in [7, 11) is 0. The van der Waals surface area contributed by atoms with Crippen LogP contribution in [0.1, 0.15) is 25.7 Å². The first-order valence-electron chi connectivity index (χ1n) is 9.24. The first-order chi connectivity index (χ1) is 12.6. The second-order valence-corrected chi connectivity index (χ2v) is 7.19. The average molecular weight is 357 g/mol. The molecule has 1 N–H and O–H groups in total. The fraction of sp³-hybridized carbons (Fsp3) is 0.526. The van der Waals surface area contributed by atoms with Crippen molar-refractivity contribution in [2.75, 3.05) is 31.1 Å². The molecule has 2 aromatic rings. The molecular weight excluding hydrogens is 334 g/mol. The van der Waals surface area contributed by atoms with Crippen molar-refractivity contribution in [3.8, 4) is 0 Å². The van der Waals surface area contributed by atoms with Crippen molar-refractivity contribution >= 4 is 29.0 Å². The number of anilines is 1. The third-order valence-corrected chi connectivity index (χ3v) is 5.48. The summed E-state index contributed by atoms with van der Waals surface area (Å²) in [5.41, 5.74) is 1.61. The first-order valence-corrected chi connectivity index (χ1v) is 9.24. The maximum atomic E-state index is 12.8. The van der Waals surface area contributed by atoms with E-state index in [0.717, 1.165) is 43.5 Å². The number of amides is 1. The number of para-hydroxylation sites is 2. The largest absolute Gasteiger partial charge is 0.481 e. The van der Waals surface area contributed by atoms with Gasteiger partial charge in [0.05, 0.1) is 5.92 Å². The second kappa shape index (κ2) is 6.97. The Kier molecular flexibility index (Phi) is 4.53. The van der Waals surface area contributed by atoms with Crippen molar-refractivity contribution in [3.63, 3.8) is 0 Å². The lowest BCUT2D eigenvalue weighted by Gasteiger charge is -2.36. The molecule has 4 rings (SSSR count). The van der Waals surface area contributed by atoms with Gasteiger partial charge in [0.25, 0.3) is 6.01 Å². The summed E-state index contributed by atoms with van der Waals surface area (Å²) in [6.45, 7) is 2.46. The zero-order valence-electron chi connectivity index (χ0n) is 14.6. The summed E-state index contributed by atoms with van der Waals surface area (Å²) < 4.78 is 5.81. The van der Waals surface area contributed by atoms with Crippen LogP contribution >= 0.6 is 0 Å². The van der Waals surface area contributed by atoms with E-state index < -0.39 is 11.9 Å². The van der Waals surface area contributed by atoms with Crippen molar-refractivity contribution in [2.45, 2.75) is 25.7 Å². The molecule has 2 aliphatic heterocycles. The SMILES string of the molecule is O=C(O)[C@@H]1CCCN(C(=O)C2CCN(c3nc4ccccc4o3)CC2)C1. The number of nitrogens with zero attached hydrogens (tertiary/aromatic N) is 3. The normalized spacial score (nSPS) is 21.9. The van der Waals surface area contributed by atoms with Gasteiger partial charge in [-0.1, -0.05) is 12.1 Å². The van der Waals surface area contributed by atoms with Crippen molar-refractivity contribution in [3.05, 3.63) is 24.3 Å². The van der Waals surface area contributed by atoms with Gasteiger partial charge in [-0.05, 0) is 37.8 Å². The number of carboxylic acid groups (broad SMARTS) is 1. The Morgan fingerprint density at radius 2 is 1.85 bits per heavy atom. The number of carbonyl (C=O) groups is 2. The molecule has 26 heavy (non-hydrogen) atoms. The van der Waals surface area contributed by atoms with Crippen molar-refractivity contribution in [1.82, 2.24) is 9.88 Å². The highest BCUT2D eigenvalue weighted by atomic mass is 16.4. The number of oxazole rings is 1. The molecule has 0 spiro atoms.